The van der Waals surface area contributed by atoms with Crippen LogP contribution in [-0.2, 0) is 6.42 Å². The highest BCUT2D eigenvalue weighted by Gasteiger charge is 2.12. The first-order chi connectivity index (χ1) is 13.1. The van der Waals surface area contributed by atoms with E-state index in [2.05, 4.69) is 53.5 Å². The van der Waals surface area contributed by atoms with Crippen molar-refractivity contribution in [3.8, 4) is 0 Å². The second-order valence-electron chi connectivity index (χ2n) is 6.66. The number of hydrogen-bond acceptors (Lipinski definition) is 4. The Morgan fingerprint density at radius 3 is 2.37 bits per heavy atom. The number of anilines is 3. The summed E-state index contributed by atoms with van der Waals surface area (Å²) in [4.78, 5) is 21.0. The molecule has 3 rings (SSSR count). The fourth-order valence-corrected chi connectivity index (χ4v) is 2.78. The van der Waals surface area contributed by atoms with Crippen LogP contribution in [0.1, 0.15) is 48.3 Å². The van der Waals surface area contributed by atoms with E-state index in [-0.39, 0.29) is 11.6 Å². The van der Waals surface area contributed by atoms with Gasteiger partial charge in [0.2, 0.25) is 0 Å². The molecule has 0 radical (unpaired) electrons. The molecule has 1 amide bonds. The Morgan fingerprint density at radius 1 is 1.00 bits per heavy atom. The minimum Gasteiger partial charge on any atom is -0.339 e. The zero-order valence-electron chi connectivity index (χ0n) is 15.9. The molecule has 0 bridgehead atoms. The number of carbonyl (C=O) groups is 1. The van der Waals surface area contributed by atoms with Crippen molar-refractivity contribution in [3.05, 3.63) is 77.7 Å². The minimum absolute atomic E-state index is 0.269. The first kappa shape index (κ1) is 18.6. The molecule has 138 valence electrons. The summed E-state index contributed by atoms with van der Waals surface area (Å²) in [5.74, 6) is 0.645. The number of aromatic nitrogens is 2. The minimum atomic E-state index is -0.269. The van der Waals surface area contributed by atoms with E-state index in [1.54, 1.807) is 6.20 Å². The zero-order valence-corrected chi connectivity index (χ0v) is 15.9. The number of para-hydroxylation sites is 1. The van der Waals surface area contributed by atoms with Gasteiger partial charge in [-0.05, 0) is 41.7 Å². The van der Waals surface area contributed by atoms with Crippen LogP contribution < -0.4 is 10.6 Å². The Bertz CT molecular complexity index is 902. The summed E-state index contributed by atoms with van der Waals surface area (Å²) in [5, 5.41) is 6.12. The first-order valence-electron chi connectivity index (χ1n) is 9.15. The zero-order chi connectivity index (χ0) is 19.2. The third kappa shape index (κ3) is 4.70. The van der Waals surface area contributed by atoms with Crippen molar-refractivity contribution in [1.82, 2.24) is 9.97 Å². The van der Waals surface area contributed by atoms with Gasteiger partial charge < -0.3 is 10.6 Å². The predicted molar refractivity (Wildman–Crippen MR) is 110 cm³/mol. The van der Waals surface area contributed by atoms with E-state index >= 15 is 0 Å². The van der Waals surface area contributed by atoms with E-state index in [0.29, 0.717) is 11.7 Å². The molecular weight excluding hydrogens is 336 g/mol. The highest BCUT2D eigenvalue weighted by Crippen LogP contribution is 2.24. The lowest BCUT2D eigenvalue weighted by atomic mass is 10.0. The quantitative estimate of drug-likeness (QED) is 0.637. The molecule has 5 nitrogen and oxygen atoms in total. The van der Waals surface area contributed by atoms with Crippen LogP contribution in [0.25, 0.3) is 0 Å². The number of amides is 1. The van der Waals surface area contributed by atoms with Gasteiger partial charge in [-0.3, -0.25) is 4.79 Å². The van der Waals surface area contributed by atoms with Crippen LogP contribution in [0.5, 0.6) is 0 Å². The number of nitrogens with zero attached hydrogens (tertiary/aromatic N) is 2. The van der Waals surface area contributed by atoms with Gasteiger partial charge in [0.25, 0.3) is 5.91 Å². The van der Waals surface area contributed by atoms with E-state index in [1.165, 1.54) is 11.8 Å². The Balaban J connectivity index is 1.68. The van der Waals surface area contributed by atoms with Gasteiger partial charge in [-0.25, -0.2) is 9.97 Å². The molecular formula is C22H24N4O. The number of nitrogens with one attached hydrogen (secondary N) is 2. The summed E-state index contributed by atoms with van der Waals surface area (Å²) in [5.41, 5.74) is 4.38. The molecule has 0 fully saturated rings. The highest BCUT2D eigenvalue weighted by atomic mass is 16.1. The molecule has 1 aromatic heterocycles. The molecule has 27 heavy (non-hydrogen) atoms. The van der Waals surface area contributed by atoms with E-state index in [9.17, 15) is 4.79 Å². The second-order valence-corrected chi connectivity index (χ2v) is 6.66. The van der Waals surface area contributed by atoms with Crippen LogP contribution in [0.15, 0.2) is 60.9 Å². The third-order valence-electron chi connectivity index (χ3n) is 4.35. The summed E-state index contributed by atoms with van der Waals surface area (Å²) < 4.78 is 0. The number of carbonyl (C=O) groups excluding carboxylic acids is 1. The SMILES string of the molecule is CCc1ccc(Nc2cnc(C(=O)Nc3ccccc3C(C)C)cn2)cc1. The van der Waals surface area contributed by atoms with Crippen LogP contribution >= 0.6 is 0 Å². The largest absolute Gasteiger partial charge is 0.339 e. The topological polar surface area (TPSA) is 66.9 Å². The predicted octanol–water partition coefficient (Wildman–Crippen LogP) is 5.16. The van der Waals surface area contributed by atoms with Crippen molar-refractivity contribution < 1.29 is 4.79 Å². The molecule has 1 heterocycles. The van der Waals surface area contributed by atoms with Crippen molar-refractivity contribution in [2.45, 2.75) is 33.1 Å². The lowest BCUT2D eigenvalue weighted by Crippen LogP contribution is -2.15. The fraction of sp³-hybridized carbons (Fsp3) is 0.227. The van der Waals surface area contributed by atoms with Crippen molar-refractivity contribution in [3.63, 3.8) is 0 Å². The maximum absolute atomic E-state index is 12.5. The smallest absolute Gasteiger partial charge is 0.275 e. The molecule has 0 saturated heterocycles. The van der Waals surface area contributed by atoms with Gasteiger partial charge in [-0.2, -0.15) is 0 Å². The lowest BCUT2D eigenvalue weighted by molar-refractivity contribution is 0.102. The van der Waals surface area contributed by atoms with E-state index in [4.69, 9.17) is 0 Å². The van der Waals surface area contributed by atoms with Gasteiger partial charge >= 0.3 is 0 Å². The Kier molecular flexibility index (Phi) is 5.81. The number of hydrogen-bond donors (Lipinski definition) is 2. The second kappa shape index (κ2) is 8.45. The summed E-state index contributed by atoms with van der Waals surface area (Å²) in [6, 6.07) is 15.9. The summed E-state index contributed by atoms with van der Waals surface area (Å²) in [6.45, 7) is 6.31. The van der Waals surface area contributed by atoms with Crippen molar-refractivity contribution in [1.29, 1.82) is 0 Å². The van der Waals surface area contributed by atoms with Gasteiger partial charge in [0, 0.05) is 11.4 Å². The Morgan fingerprint density at radius 2 is 1.74 bits per heavy atom. The van der Waals surface area contributed by atoms with Gasteiger partial charge in [0.05, 0.1) is 12.4 Å². The molecule has 5 heteroatoms. The summed E-state index contributed by atoms with van der Waals surface area (Å²) >= 11 is 0. The molecule has 0 saturated carbocycles. The standard InChI is InChI=1S/C22H24N4O/c1-4-16-9-11-17(12-10-16)25-21-14-23-20(13-24-21)22(27)26-19-8-6-5-7-18(19)15(2)3/h5-15H,4H2,1-3H3,(H,24,25)(H,26,27). The number of aryl methyl sites for hydroxylation is 1. The van der Waals surface area contributed by atoms with Gasteiger partial charge in [-0.1, -0.05) is 51.1 Å². The molecule has 3 aromatic rings. The molecule has 0 unspecified atom stereocenters. The maximum Gasteiger partial charge on any atom is 0.275 e. The Labute approximate surface area is 159 Å². The average molecular weight is 360 g/mol. The average Bonchev–Trinajstić information content (AvgIpc) is 2.69. The molecule has 2 aromatic carbocycles. The fourth-order valence-electron chi connectivity index (χ4n) is 2.78. The first-order valence-corrected chi connectivity index (χ1v) is 9.15. The van der Waals surface area contributed by atoms with Crippen LogP contribution in [-0.4, -0.2) is 15.9 Å². The van der Waals surface area contributed by atoms with Gasteiger partial charge in [0.15, 0.2) is 0 Å². The van der Waals surface area contributed by atoms with Gasteiger partial charge in [-0.15, -0.1) is 0 Å². The van der Waals surface area contributed by atoms with Crippen LogP contribution in [0.2, 0.25) is 0 Å². The normalized spacial score (nSPS) is 10.7. The maximum atomic E-state index is 12.5. The molecule has 2 N–H and O–H groups in total. The van der Waals surface area contributed by atoms with Crippen molar-refractivity contribution in [2.24, 2.45) is 0 Å². The van der Waals surface area contributed by atoms with Gasteiger partial charge in [0.1, 0.15) is 11.5 Å². The van der Waals surface area contributed by atoms with Crippen LogP contribution in [0.3, 0.4) is 0 Å². The summed E-state index contributed by atoms with van der Waals surface area (Å²) in [6.07, 6.45) is 4.05. The van der Waals surface area contributed by atoms with Crippen LogP contribution in [0, 0.1) is 0 Å². The number of benzene rings is 2. The van der Waals surface area contributed by atoms with E-state index in [0.717, 1.165) is 23.4 Å². The summed E-state index contributed by atoms with van der Waals surface area (Å²) in [7, 11) is 0. The molecule has 0 atom stereocenters. The Hall–Kier alpha value is -3.21. The number of rotatable bonds is 6. The third-order valence-corrected chi connectivity index (χ3v) is 4.35. The molecule has 0 aliphatic rings. The molecule has 0 spiro atoms. The lowest BCUT2D eigenvalue weighted by Gasteiger charge is -2.13. The van der Waals surface area contributed by atoms with Crippen LogP contribution in [0.4, 0.5) is 17.2 Å². The molecule has 0 aliphatic carbocycles. The van der Waals surface area contributed by atoms with Crippen molar-refractivity contribution in [2.75, 3.05) is 10.6 Å². The monoisotopic (exact) mass is 360 g/mol. The van der Waals surface area contributed by atoms with E-state index in [1.807, 2.05) is 36.4 Å². The highest BCUT2D eigenvalue weighted by molar-refractivity contribution is 6.03. The van der Waals surface area contributed by atoms with Crippen molar-refractivity contribution >= 4 is 23.1 Å². The molecule has 0 aliphatic heterocycles. The van der Waals surface area contributed by atoms with E-state index < -0.39 is 0 Å².